The first kappa shape index (κ1) is 25.4. The van der Waals surface area contributed by atoms with E-state index in [1.54, 1.807) is 24.4 Å². The average Bonchev–Trinajstić information content (AvgIpc) is 3.30. The fourth-order valence-electron chi connectivity index (χ4n) is 4.26. The highest BCUT2D eigenvalue weighted by Gasteiger charge is 2.25. The van der Waals surface area contributed by atoms with Crippen LogP contribution in [0.25, 0.3) is 22.3 Å². The Morgan fingerprint density at radius 2 is 1.82 bits per heavy atom. The molecule has 3 aromatic heterocycles. The number of carbonyl (C=O) groups excluding carboxylic acids is 1. The Morgan fingerprint density at radius 1 is 1.03 bits per heavy atom. The molecular formula is C27H32N8O3. The smallest absolute Gasteiger partial charge is 0.410 e. The summed E-state index contributed by atoms with van der Waals surface area (Å²) in [6.45, 7) is 9.29. The largest absolute Gasteiger partial charge is 0.467 e. The van der Waals surface area contributed by atoms with Gasteiger partial charge in [-0.05, 0) is 56.7 Å². The molecule has 0 radical (unpaired) electrons. The van der Waals surface area contributed by atoms with Crippen molar-refractivity contribution in [2.75, 3.05) is 38.6 Å². The Labute approximate surface area is 221 Å². The summed E-state index contributed by atoms with van der Waals surface area (Å²) in [4.78, 5) is 37.3. The number of pyridine rings is 1. The second kappa shape index (κ2) is 10.6. The number of hydrogen-bond acceptors (Lipinski definition) is 9. The van der Waals surface area contributed by atoms with Crippen LogP contribution in [0.2, 0.25) is 0 Å². The van der Waals surface area contributed by atoms with Crippen LogP contribution >= 0.6 is 0 Å². The number of piperazine rings is 1. The molecule has 0 aliphatic carbocycles. The maximum atomic E-state index is 12.3. The van der Waals surface area contributed by atoms with Crippen LogP contribution in [-0.2, 0) is 11.3 Å². The van der Waals surface area contributed by atoms with Crippen LogP contribution in [0.1, 0.15) is 26.3 Å². The van der Waals surface area contributed by atoms with Crippen LogP contribution in [0.4, 0.5) is 16.6 Å². The molecule has 11 nitrogen and oxygen atoms in total. The Bertz CT molecular complexity index is 1420. The maximum Gasteiger partial charge on any atom is 0.410 e. The summed E-state index contributed by atoms with van der Waals surface area (Å²) in [5.74, 6) is 1.31. The van der Waals surface area contributed by atoms with Crippen molar-refractivity contribution in [3.63, 3.8) is 0 Å². The monoisotopic (exact) mass is 516 g/mol. The number of fused-ring (bicyclic) bond motifs is 1. The van der Waals surface area contributed by atoms with E-state index in [1.165, 1.54) is 0 Å². The summed E-state index contributed by atoms with van der Waals surface area (Å²) in [7, 11) is 1.55. The van der Waals surface area contributed by atoms with Gasteiger partial charge in [-0.25, -0.2) is 19.7 Å². The summed E-state index contributed by atoms with van der Waals surface area (Å²) in [6, 6.07) is 12.1. The number of aromatic amines is 1. The van der Waals surface area contributed by atoms with Gasteiger partial charge >= 0.3 is 12.1 Å². The van der Waals surface area contributed by atoms with Crippen molar-refractivity contribution in [2.45, 2.75) is 32.9 Å². The van der Waals surface area contributed by atoms with Crippen molar-refractivity contribution < 1.29 is 14.3 Å². The topological polar surface area (TPSA) is 121 Å². The van der Waals surface area contributed by atoms with E-state index in [4.69, 9.17) is 9.47 Å². The van der Waals surface area contributed by atoms with E-state index in [-0.39, 0.29) is 6.09 Å². The summed E-state index contributed by atoms with van der Waals surface area (Å²) < 4.78 is 10.6. The molecule has 1 aromatic carbocycles. The lowest BCUT2D eigenvalue weighted by atomic mass is 10.1. The molecule has 198 valence electrons. The quantitative estimate of drug-likeness (QED) is 0.388. The standard InChI is InChI=1S/C27H32N8O3/c1-27(2,3)38-26(36)35-13-11-34(12-14-35)17-18-7-9-28-23(15-18)33-24-30-21-6-5-19(16-22(21)31-24)20-8-10-29-25(32-20)37-4/h5-10,15-16H,11-14,17H2,1-4H3,(H2,28,30,31,33). The number of rotatable bonds is 6. The molecule has 1 saturated heterocycles. The molecule has 0 atom stereocenters. The molecule has 0 unspecified atom stereocenters. The lowest BCUT2D eigenvalue weighted by Gasteiger charge is -2.35. The highest BCUT2D eigenvalue weighted by atomic mass is 16.6. The number of hydrogen-bond donors (Lipinski definition) is 2. The summed E-state index contributed by atoms with van der Waals surface area (Å²) >= 11 is 0. The summed E-state index contributed by atoms with van der Waals surface area (Å²) in [5.41, 5.74) is 4.05. The van der Waals surface area contributed by atoms with E-state index < -0.39 is 5.60 Å². The number of carbonyl (C=O) groups is 1. The van der Waals surface area contributed by atoms with Crippen LogP contribution in [0.5, 0.6) is 6.01 Å². The zero-order chi connectivity index (χ0) is 26.7. The molecule has 0 bridgehead atoms. The lowest BCUT2D eigenvalue weighted by molar-refractivity contribution is 0.0139. The minimum absolute atomic E-state index is 0.248. The second-order valence-electron chi connectivity index (χ2n) is 10.2. The first-order valence-electron chi connectivity index (χ1n) is 12.6. The van der Waals surface area contributed by atoms with Gasteiger partial charge < -0.3 is 24.7 Å². The van der Waals surface area contributed by atoms with Gasteiger partial charge in [-0.15, -0.1) is 0 Å². The lowest BCUT2D eigenvalue weighted by Crippen LogP contribution is -2.49. The molecule has 11 heteroatoms. The van der Waals surface area contributed by atoms with Crippen molar-refractivity contribution in [2.24, 2.45) is 0 Å². The summed E-state index contributed by atoms with van der Waals surface area (Å²) in [6.07, 6.45) is 3.21. The van der Waals surface area contributed by atoms with Crippen molar-refractivity contribution in [1.29, 1.82) is 0 Å². The van der Waals surface area contributed by atoms with Crippen LogP contribution in [-0.4, -0.2) is 79.7 Å². The van der Waals surface area contributed by atoms with Gasteiger partial charge in [0.2, 0.25) is 5.95 Å². The first-order chi connectivity index (χ1) is 18.3. The third-order valence-corrected chi connectivity index (χ3v) is 6.09. The van der Waals surface area contributed by atoms with Gasteiger partial charge in [0.25, 0.3) is 0 Å². The van der Waals surface area contributed by atoms with Crippen LogP contribution in [0, 0.1) is 0 Å². The molecule has 0 spiro atoms. The molecule has 4 heterocycles. The fourth-order valence-corrected chi connectivity index (χ4v) is 4.26. The van der Waals surface area contributed by atoms with Gasteiger partial charge in [0.05, 0.1) is 23.8 Å². The minimum Gasteiger partial charge on any atom is -0.467 e. The highest BCUT2D eigenvalue weighted by molar-refractivity contribution is 5.83. The molecule has 1 aliphatic rings. The second-order valence-corrected chi connectivity index (χ2v) is 10.2. The zero-order valence-electron chi connectivity index (χ0n) is 22.1. The van der Waals surface area contributed by atoms with Crippen molar-refractivity contribution in [3.05, 3.63) is 54.4 Å². The number of nitrogens with zero attached hydrogens (tertiary/aromatic N) is 6. The highest BCUT2D eigenvalue weighted by Crippen LogP contribution is 2.25. The molecule has 1 aliphatic heterocycles. The number of amides is 1. The van der Waals surface area contributed by atoms with Gasteiger partial charge in [-0.2, -0.15) is 4.98 Å². The van der Waals surface area contributed by atoms with Gasteiger partial charge in [0.15, 0.2) is 0 Å². The third kappa shape index (κ3) is 6.17. The molecule has 38 heavy (non-hydrogen) atoms. The Kier molecular flexibility index (Phi) is 7.10. The Hall–Kier alpha value is -4.25. The number of ether oxygens (including phenoxy) is 2. The number of methoxy groups -OCH3 is 1. The van der Waals surface area contributed by atoms with Crippen LogP contribution in [0.15, 0.2) is 48.8 Å². The van der Waals surface area contributed by atoms with Crippen molar-refractivity contribution in [3.8, 4) is 17.3 Å². The average molecular weight is 517 g/mol. The minimum atomic E-state index is -0.484. The normalized spacial score (nSPS) is 14.5. The molecular weight excluding hydrogens is 484 g/mol. The Morgan fingerprint density at radius 3 is 2.58 bits per heavy atom. The van der Waals surface area contributed by atoms with Crippen LogP contribution in [0.3, 0.4) is 0 Å². The van der Waals surface area contributed by atoms with E-state index in [0.717, 1.165) is 47.5 Å². The number of imidazole rings is 1. The molecule has 1 fully saturated rings. The number of nitrogens with one attached hydrogen (secondary N) is 2. The van der Waals surface area contributed by atoms with E-state index in [1.807, 2.05) is 57.2 Å². The SMILES string of the molecule is COc1nccc(-c2ccc3nc(Nc4cc(CN5CCN(C(=O)OC(C)(C)C)CC5)ccn4)[nH]c3c2)n1. The predicted octanol–water partition coefficient (Wildman–Crippen LogP) is 4.22. The third-order valence-electron chi connectivity index (χ3n) is 6.09. The maximum absolute atomic E-state index is 12.3. The van der Waals surface area contributed by atoms with Gasteiger partial charge in [-0.1, -0.05) is 6.07 Å². The summed E-state index contributed by atoms with van der Waals surface area (Å²) in [5, 5.41) is 3.28. The van der Waals surface area contributed by atoms with Gasteiger partial charge in [0.1, 0.15) is 11.4 Å². The molecule has 1 amide bonds. The van der Waals surface area contributed by atoms with Crippen molar-refractivity contribution in [1.82, 2.24) is 34.7 Å². The predicted molar refractivity (Wildman–Crippen MR) is 144 cm³/mol. The zero-order valence-corrected chi connectivity index (χ0v) is 22.1. The fraction of sp³-hybridized carbons (Fsp3) is 0.370. The first-order valence-corrected chi connectivity index (χ1v) is 12.6. The van der Waals surface area contributed by atoms with Crippen molar-refractivity contribution >= 4 is 28.9 Å². The number of anilines is 2. The number of H-pyrrole nitrogens is 1. The molecule has 5 rings (SSSR count). The van der Waals surface area contributed by atoms with E-state index in [9.17, 15) is 4.79 Å². The number of benzene rings is 1. The van der Waals surface area contributed by atoms with Gasteiger partial charge in [0, 0.05) is 50.7 Å². The van der Waals surface area contributed by atoms with E-state index in [0.29, 0.717) is 30.9 Å². The van der Waals surface area contributed by atoms with E-state index in [2.05, 4.69) is 35.1 Å². The molecule has 2 N–H and O–H groups in total. The van der Waals surface area contributed by atoms with Crippen LogP contribution < -0.4 is 10.1 Å². The van der Waals surface area contributed by atoms with Gasteiger partial charge in [-0.3, -0.25) is 4.90 Å². The Balaban J connectivity index is 1.21. The number of aromatic nitrogens is 5. The van der Waals surface area contributed by atoms with E-state index >= 15 is 0 Å². The molecule has 4 aromatic rings. The molecule has 0 saturated carbocycles.